The number of hydrogen-bond acceptors (Lipinski definition) is 3. The van der Waals surface area contributed by atoms with Crippen molar-refractivity contribution in [1.82, 2.24) is 4.90 Å². The largest absolute Gasteiger partial charge is 0.478 e. The first-order chi connectivity index (χ1) is 16.5. The Morgan fingerprint density at radius 2 is 1.68 bits per heavy atom. The van der Waals surface area contributed by atoms with Crippen molar-refractivity contribution in [2.75, 3.05) is 42.9 Å². The van der Waals surface area contributed by atoms with Gasteiger partial charge in [0, 0.05) is 44.1 Å². The van der Waals surface area contributed by atoms with E-state index in [9.17, 15) is 9.90 Å². The number of rotatable bonds is 6. The molecule has 0 unspecified atom stereocenters. The number of carboxylic acids is 1. The Labute approximate surface area is 201 Å². The number of nitrogens with one attached hydrogen (secondary N) is 1. The number of hydrogen-bond donors (Lipinski definition) is 2. The minimum atomic E-state index is -0.937. The lowest BCUT2D eigenvalue weighted by Gasteiger charge is -2.38. The standard InChI is InChI=1S/C28H32N4O2/c1-21-8-6-13-26(22(21)2)31-16-18-32(19-17-31)28(29-15-14-23-9-4-3-5-10-23)30-25-12-7-11-24(20-25)27(33)34/h3-13,20H,14-19H2,1-2H3,(H,29,30)(H,33,34). The molecule has 1 aliphatic heterocycles. The summed E-state index contributed by atoms with van der Waals surface area (Å²) in [6.07, 6.45) is 0.851. The van der Waals surface area contributed by atoms with E-state index in [2.05, 4.69) is 59.3 Å². The van der Waals surface area contributed by atoms with Crippen molar-refractivity contribution in [3.8, 4) is 0 Å². The van der Waals surface area contributed by atoms with Crippen LogP contribution in [0.2, 0.25) is 0 Å². The van der Waals surface area contributed by atoms with Crippen LogP contribution in [0.15, 0.2) is 77.8 Å². The summed E-state index contributed by atoms with van der Waals surface area (Å²) in [4.78, 5) is 21.0. The van der Waals surface area contributed by atoms with Crippen LogP contribution < -0.4 is 10.2 Å². The van der Waals surface area contributed by atoms with Gasteiger partial charge >= 0.3 is 5.97 Å². The van der Waals surface area contributed by atoms with Gasteiger partial charge in [-0.2, -0.15) is 0 Å². The van der Waals surface area contributed by atoms with Gasteiger partial charge in [-0.05, 0) is 61.2 Å². The molecule has 1 saturated heterocycles. The predicted octanol–water partition coefficient (Wildman–Crippen LogP) is 4.83. The molecule has 0 amide bonds. The molecular weight excluding hydrogens is 424 g/mol. The second kappa shape index (κ2) is 10.9. The van der Waals surface area contributed by atoms with E-state index in [1.165, 1.54) is 22.4 Å². The van der Waals surface area contributed by atoms with Crippen LogP contribution in [-0.4, -0.2) is 54.7 Å². The number of carboxylic acid groups (broad SMARTS) is 1. The molecule has 0 spiro atoms. The monoisotopic (exact) mass is 456 g/mol. The Bertz CT molecular complexity index is 1150. The fourth-order valence-electron chi connectivity index (χ4n) is 4.25. The van der Waals surface area contributed by atoms with Crippen molar-refractivity contribution in [1.29, 1.82) is 0 Å². The molecule has 3 aromatic rings. The smallest absolute Gasteiger partial charge is 0.335 e. The SMILES string of the molecule is Cc1cccc(N2CCN(C(=NCCc3ccccc3)Nc3cccc(C(=O)O)c3)CC2)c1C. The van der Waals surface area contributed by atoms with Crippen molar-refractivity contribution in [3.05, 3.63) is 95.1 Å². The molecule has 1 heterocycles. The number of anilines is 2. The van der Waals surface area contributed by atoms with Gasteiger partial charge in [-0.1, -0.05) is 48.5 Å². The van der Waals surface area contributed by atoms with Crippen LogP contribution in [0.25, 0.3) is 0 Å². The van der Waals surface area contributed by atoms with E-state index in [4.69, 9.17) is 4.99 Å². The van der Waals surface area contributed by atoms with Crippen LogP contribution in [0.5, 0.6) is 0 Å². The predicted molar refractivity (Wildman–Crippen MR) is 139 cm³/mol. The molecule has 0 aliphatic carbocycles. The first-order valence-electron chi connectivity index (χ1n) is 11.8. The molecule has 2 N–H and O–H groups in total. The Morgan fingerprint density at radius 3 is 2.41 bits per heavy atom. The first kappa shape index (κ1) is 23.4. The number of benzene rings is 3. The second-order valence-electron chi connectivity index (χ2n) is 8.65. The molecule has 0 saturated carbocycles. The Hall–Kier alpha value is -3.80. The van der Waals surface area contributed by atoms with Gasteiger partial charge in [0.1, 0.15) is 0 Å². The number of aryl methyl sites for hydroxylation is 1. The Morgan fingerprint density at radius 1 is 0.941 bits per heavy atom. The van der Waals surface area contributed by atoms with Crippen LogP contribution in [0, 0.1) is 13.8 Å². The normalized spacial score (nSPS) is 14.2. The first-order valence-corrected chi connectivity index (χ1v) is 11.8. The highest BCUT2D eigenvalue weighted by atomic mass is 16.4. The highest BCUT2D eigenvalue weighted by Gasteiger charge is 2.21. The van der Waals surface area contributed by atoms with Crippen molar-refractivity contribution in [2.45, 2.75) is 20.3 Å². The minimum Gasteiger partial charge on any atom is -0.478 e. The summed E-state index contributed by atoms with van der Waals surface area (Å²) >= 11 is 0. The molecule has 0 aromatic heterocycles. The van der Waals surface area contributed by atoms with E-state index in [-0.39, 0.29) is 5.56 Å². The maximum absolute atomic E-state index is 11.4. The minimum absolute atomic E-state index is 0.258. The molecule has 0 radical (unpaired) electrons. The number of nitrogens with zero attached hydrogens (tertiary/aromatic N) is 3. The summed E-state index contributed by atoms with van der Waals surface area (Å²) in [6, 6.07) is 23.7. The molecular formula is C28H32N4O2. The van der Waals surface area contributed by atoms with Crippen LogP contribution in [-0.2, 0) is 6.42 Å². The number of aliphatic imine (C=N–C) groups is 1. The quantitative estimate of drug-likeness (QED) is 0.411. The molecule has 1 aliphatic rings. The average molecular weight is 457 g/mol. The zero-order chi connectivity index (χ0) is 23.9. The molecule has 3 aromatic carbocycles. The van der Waals surface area contributed by atoms with Gasteiger partial charge in [-0.3, -0.25) is 4.99 Å². The molecule has 6 nitrogen and oxygen atoms in total. The summed E-state index contributed by atoms with van der Waals surface area (Å²) < 4.78 is 0. The van der Waals surface area contributed by atoms with Gasteiger partial charge in [0.05, 0.1) is 5.56 Å². The summed E-state index contributed by atoms with van der Waals surface area (Å²) in [5, 5.41) is 12.8. The van der Waals surface area contributed by atoms with Gasteiger partial charge in [0.25, 0.3) is 0 Å². The highest BCUT2D eigenvalue weighted by Crippen LogP contribution is 2.24. The molecule has 0 atom stereocenters. The van der Waals surface area contributed by atoms with Crippen molar-refractivity contribution >= 4 is 23.3 Å². The van der Waals surface area contributed by atoms with Crippen LogP contribution in [0.1, 0.15) is 27.0 Å². The zero-order valence-electron chi connectivity index (χ0n) is 19.9. The zero-order valence-corrected chi connectivity index (χ0v) is 19.9. The van der Waals surface area contributed by atoms with E-state index < -0.39 is 5.97 Å². The molecule has 1 fully saturated rings. The van der Waals surface area contributed by atoms with Gasteiger partial charge in [-0.25, -0.2) is 4.79 Å². The maximum Gasteiger partial charge on any atom is 0.335 e. The summed E-state index contributed by atoms with van der Waals surface area (Å²) in [6.45, 7) is 8.47. The van der Waals surface area contributed by atoms with E-state index in [1.807, 2.05) is 24.3 Å². The lowest BCUT2D eigenvalue weighted by Crippen LogP contribution is -2.51. The molecule has 176 valence electrons. The topological polar surface area (TPSA) is 68.2 Å². The van der Waals surface area contributed by atoms with Crippen LogP contribution in [0.3, 0.4) is 0 Å². The van der Waals surface area contributed by atoms with Gasteiger partial charge in [0.2, 0.25) is 0 Å². The summed E-state index contributed by atoms with van der Waals surface area (Å²) in [5.74, 6) is -0.146. The highest BCUT2D eigenvalue weighted by molar-refractivity contribution is 5.96. The van der Waals surface area contributed by atoms with E-state index in [0.29, 0.717) is 6.54 Å². The number of piperazine rings is 1. The van der Waals surface area contributed by atoms with E-state index in [0.717, 1.165) is 44.2 Å². The molecule has 4 rings (SSSR count). The van der Waals surface area contributed by atoms with Gasteiger partial charge in [-0.15, -0.1) is 0 Å². The van der Waals surface area contributed by atoms with Crippen LogP contribution >= 0.6 is 0 Å². The lowest BCUT2D eigenvalue weighted by molar-refractivity contribution is 0.0697. The molecule has 6 heteroatoms. The molecule has 0 bridgehead atoms. The maximum atomic E-state index is 11.4. The average Bonchev–Trinajstić information content (AvgIpc) is 2.86. The van der Waals surface area contributed by atoms with E-state index in [1.54, 1.807) is 18.2 Å². The summed E-state index contributed by atoms with van der Waals surface area (Å²) in [5.41, 5.74) is 6.17. The second-order valence-corrected chi connectivity index (χ2v) is 8.65. The number of carbonyl (C=O) groups is 1. The lowest BCUT2D eigenvalue weighted by atomic mass is 10.1. The van der Waals surface area contributed by atoms with Gasteiger partial charge < -0.3 is 20.2 Å². The third-order valence-electron chi connectivity index (χ3n) is 6.37. The van der Waals surface area contributed by atoms with Crippen molar-refractivity contribution in [2.24, 2.45) is 4.99 Å². The van der Waals surface area contributed by atoms with Crippen LogP contribution in [0.4, 0.5) is 11.4 Å². The number of aromatic carboxylic acids is 1. The Kier molecular flexibility index (Phi) is 7.48. The van der Waals surface area contributed by atoms with Gasteiger partial charge in [0.15, 0.2) is 5.96 Å². The third-order valence-corrected chi connectivity index (χ3v) is 6.37. The van der Waals surface area contributed by atoms with Crippen molar-refractivity contribution < 1.29 is 9.90 Å². The third kappa shape index (κ3) is 5.76. The molecule has 34 heavy (non-hydrogen) atoms. The van der Waals surface area contributed by atoms with Crippen molar-refractivity contribution in [3.63, 3.8) is 0 Å². The Balaban J connectivity index is 1.49. The van der Waals surface area contributed by atoms with E-state index >= 15 is 0 Å². The fourth-order valence-corrected chi connectivity index (χ4v) is 4.25. The summed E-state index contributed by atoms with van der Waals surface area (Å²) in [7, 11) is 0. The fraction of sp³-hybridized carbons (Fsp3) is 0.286. The number of guanidine groups is 1.